The van der Waals surface area contributed by atoms with E-state index in [1.807, 2.05) is 0 Å². The van der Waals surface area contributed by atoms with Gasteiger partial charge in [0.25, 0.3) is 5.92 Å². The highest BCUT2D eigenvalue weighted by molar-refractivity contribution is 5.68. The molecule has 0 aromatic heterocycles. The van der Waals surface area contributed by atoms with E-state index in [1.54, 1.807) is 20.8 Å². The monoisotopic (exact) mass is 279 g/mol. The molecule has 1 heterocycles. The van der Waals surface area contributed by atoms with E-state index in [-0.39, 0.29) is 25.9 Å². The van der Waals surface area contributed by atoms with Crippen molar-refractivity contribution in [2.75, 3.05) is 19.7 Å². The van der Waals surface area contributed by atoms with E-state index in [0.717, 1.165) is 0 Å². The van der Waals surface area contributed by atoms with E-state index in [9.17, 15) is 13.6 Å². The SMILES string of the molecule is CC(C)(C)OC(=O)N1CCC(C(F)(F)CCO)CC1. The predicted octanol–water partition coefficient (Wildman–Crippen LogP) is 2.65. The molecule has 0 atom stereocenters. The molecule has 0 radical (unpaired) electrons. The van der Waals surface area contributed by atoms with Gasteiger partial charge in [0.1, 0.15) is 5.60 Å². The highest BCUT2D eigenvalue weighted by Crippen LogP contribution is 2.35. The molecule has 6 heteroatoms. The quantitative estimate of drug-likeness (QED) is 0.864. The number of ether oxygens (including phenoxy) is 1. The lowest BCUT2D eigenvalue weighted by atomic mass is 9.89. The van der Waals surface area contributed by atoms with E-state index < -0.39 is 36.6 Å². The summed E-state index contributed by atoms with van der Waals surface area (Å²) >= 11 is 0. The van der Waals surface area contributed by atoms with Crippen LogP contribution in [0, 0.1) is 5.92 Å². The van der Waals surface area contributed by atoms with Gasteiger partial charge in [-0.15, -0.1) is 0 Å². The number of nitrogens with zero attached hydrogens (tertiary/aromatic N) is 1. The van der Waals surface area contributed by atoms with Gasteiger partial charge in [-0.05, 0) is 33.6 Å². The summed E-state index contributed by atoms with van der Waals surface area (Å²) < 4.78 is 32.4. The van der Waals surface area contributed by atoms with E-state index in [0.29, 0.717) is 0 Å². The van der Waals surface area contributed by atoms with Gasteiger partial charge in [-0.1, -0.05) is 0 Å². The Kier molecular flexibility index (Phi) is 5.12. The largest absolute Gasteiger partial charge is 0.444 e. The molecule has 1 saturated heterocycles. The third-order valence-electron chi connectivity index (χ3n) is 3.19. The second-order valence-corrected chi connectivity index (χ2v) is 5.98. The maximum atomic E-state index is 13.6. The molecule has 1 N–H and O–H groups in total. The van der Waals surface area contributed by atoms with Gasteiger partial charge in [-0.3, -0.25) is 0 Å². The molecular weight excluding hydrogens is 256 g/mol. The number of rotatable bonds is 3. The topological polar surface area (TPSA) is 49.8 Å². The van der Waals surface area contributed by atoms with Crippen LogP contribution in [-0.4, -0.2) is 47.3 Å². The van der Waals surface area contributed by atoms with Gasteiger partial charge >= 0.3 is 6.09 Å². The van der Waals surface area contributed by atoms with Crippen molar-refractivity contribution < 1.29 is 23.4 Å². The molecule has 1 aliphatic heterocycles. The number of hydrogen-bond acceptors (Lipinski definition) is 3. The summed E-state index contributed by atoms with van der Waals surface area (Å²) in [6.45, 7) is 5.35. The molecular formula is C13H23F2NO3. The molecule has 112 valence electrons. The summed E-state index contributed by atoms with van der Waals surface area (Å²) in [5, 5.41) is 8.64. The Hall–Kier alpha value is -0.910. The first kappa shape index (κ1) is 16.1. The number of piperidine rings is 1. The Morgan fingerprint density at radius 2 is 1.84 bits per heavy atom. The molecule has 0 saturated carbocycles. The van der Waals surface area contributed by atoms with Crippen LogP contribution in [0.15, 0.2) is 0 Å². The van der Waals surface area contributed by atoms with E-state index in [1.165, 1.54) is 4.90 Å². The second kappa shape index (κ2) is 6.03. The van der Waals surface area contributed by atoms with Gasteiger partial charge in [-0.25, -0.2) is 13.6 Å². The molecule has 4 nitrogen and oxygen atoms in total. The number of aliphatic hydroxyl groups excluding tert-OH is 1. The van der Waals surface area contributed by atoms with Gasteiger partial charge in [0.05, 0.1) is 0 Å². The average Bonchev–Trinajstić information content (AvgIpc) is 2.27. The first-order valence-electron chi connectivity index (χ1n) is 6.62. The van der Waals surface area contributed by atoms with Gasteiger partial charge in [-0.2, -0.15) is 0 Å². The number of carbonyl (C=O) groups is 1. The number of alkyl halides is 2. The highest BCUT2D eigenvalue weighted by atomic mass is 19.3. The van der Waals surface area contributed by atoms with Crippen molar-refractivity contribution in [1.82, 2.24) is 4.90 Å². The average molecular weight is 279 g/mol. The van der Waals surface area contributed by atoms with Crippen molar-refractivity contribution in [2.24, 2.45) is 5.92 Å². The molecule has 19 heavy (non-hydrogen) atoms. The van der Waals surface area contributed by atoms with Crippen molar-refractivity contribution in [3.05, 3.63) is 0 Å². The molecule has 0 aromatic rings. The van der Waals surface area contributed by atoms with E-state index in [4.69, 9.17) is 9.84 Å². The van der Waals surface area contributed by atoms with Crippen molar-refractivity contribution in [3.8, 4) is 0 Å². The first-order chi connectivity index (χ1) is 8.65. The maximum absolute atomic E-state index is 13.6. The Morgan fingerprint density at radius 1 is 1.32 bits per heavy atom. The number of likely N-dealkylation sites (tertiary alicyclic amines) is 1. The van der Waals surface area contributed by atoms with Crippen LogP contribution >= 0.6 is 0 Å². The van der Waals surface area contributed by atoms with Crippen LogP contribution in [0.25, 0.3) is 0 Å². The van der Waals surface area contributed by atoms with Crippen LogP contribution in [0.1, 0.15) is 40.0 Å². The molecule has 1 aliphatic rings. The van der Waals surface area contributed by atoms with Crippen molar-refractivity contribution in [3.63, 3.8) is 0 Å². The minimum absolute atomic E-state index is 0.242. The van der Waals surface area contributed by atoms with Gasteiger partial charge in [0, 0.05) is 32.0 Å². The van der Waals surface area contributed by atoms with Crippen molar-refractivity contribution >= 4 is 6.09 Å². The summed E-state index contributed by atoms with van der Waals surface area (Å²) in [7, 11) is 0. The molecule has 0 spiro atoms. The van der Waals surface area contributed by atoms with Crippen molar-refractivity contribution in [1.29, 1.82) is 0 Å². The number of halogens is 2. The number of carbonyl (C=O) groups excluding carboxylic acids is 1. The zero-order valence-corrected chi connectivity index (χ0v) is 11.8. The van der Waals surface area contributed by atoms with E-state index >= 15 is 0 Å². The lowest BCUT2D eigenvalue weighted by molar-refractivity contribution is -0.0929. The number of hydrogen-bond donors (Lipinski definition) is 1. The van der Waals surface area contributed by atoms with Crippen LogP contribution in [0.2, 0.25) is 0 Å². The lowest BCUT2D eigenvalue weighted by Crippen LogP contribution is -2.45. The van der Waals surface area contributed by atoms with Crippen LogP contribution in [0.4, 0.5) is 13.6 Å². The van der Waals surface area contributed by atoms with Gasteiger partial charge in [0.2, 0.25) is 0 Å². The van der Waals surface area contributed by atoms with Gasteiger partial charge < -0.3 is 14.7 Å². The zero-order chi connectivity index (χ0) is 14.7. The summed E-state index contributed by atoms with van der Waals surface area (Å²) in [6.07, 6.45) is -0.473. The second-order valence-electron chi connectivity index (χ2n) is 5.98. The summed E-state index contributed by atoms with van der Waals surface area (Å²) in [6, 6.07) is 0. The fourth-order valence-corrected chi connectivity index (χ4v) is 2.16. The zero-order valence-electron chi connectivity index (χ0n) is 11.8. The van der Waals surface area contributed by atoms with Crippen molar-refractivity contribution in [2.45, 2.75) is 51.6 Å². The standard InChI is InChI=1S/C13H23F2NO3/c1-12(2,3)19-11(18)16-7-4-10(5-8-16)13(14,15)6-9-17/h10,17H,4-9H2,1-3H3. The minimum atomic E-state index is -2.85. The molecule has 1 rings (SSSR count). The smallest absolute Gasteiger partial charge is 0.410 e. The van der Waals surface area contributed by atoms with Crippen LogP contribution < -0.4 is 0 Å². The lowest BCUT2D eigenvalue weighted by Gasteiger charge is -2.36. The summed E-state index contributed by atoms with van der Waals surface area (Å²) in [5.41, 5.74) is -0.575. The fourth-order valence-electron chi connectivity index (χ4n) is 2.16. The van der Waals surface area contributed by atoms with Gasteiger partial charge in [0.15, 0.2) is 0 Å². The summed E-state index contributed by atoms with van der Waals surface area (Å²) in [4.78, 5) is 13.2. The Morgan fingerprint density at radius 3 is 2.26 bits per heavy atom. The van der Waals surface area contributed by atoms with Crippen LogP contribution in [0.3, 0.4) is 0 Å². The predicted molar refractivity (Wildman–Crippen MR) is 67.2 cm³/mol. The van der Waals surface area contributed by atoms with Crippen LogP contribution in [-0.2, 0) is 4.74 Å². The normalized spacial score (nSPS) is 18.5. The highest BCUT2D eigenvalue weighted by Gasteiger charge is 2.41. The molecule has 1 fully saturated rings. The molecule has 0 aromatic carbocycles. The maximum Gasteiger partial charge on any atom is 0.410 e. The van der Waals surface area contributed by atoms with E-state index in [2.05, 4.69) is 0 Å². The first-order valence-corrected chi connectivity index (χ1v) is 6.62. The molecule has 0 bridgehead atoms. The Balaban J connectivity index is 2.47. The third-order valence-corrected chi connectivity index (χ3v) is 3.19. The fraction of sp³-hybridized carbons (Fsp3) is 0.923. The molecule has 1 amide bonds. The number of amides is 1. The molecule has 0 unspecified atom stereocenters. The minimum Gasteiger partial charge on any atom is -0.444 e. The Labute approximate surface area is 112 Å². The number of aliphatic hydroxyl groups is 1. The third kappa shape index (κ3) is 4.93. The summed E-state index contributed by atoms with van der Waals surface area (Å²) in [5.74, 6) is -3.62. The Bertz CT molecular complexity index is 308. The van der Waals surface area contributed by atoms with Crippen LogP contribution in [0.5, 0.6) is 0 Å². The molecule has 0 aliphatic carbocycles.